The first-order valence-corrected chi connectivity index (χ1v) is 16.2. The van der Waals surface area contributed by atoms with Crippen LogP contribution in [0, 0.1) is 68.0 Å². The number of carbonyl (C=O) groups excluding carboxylic acids is 3. The van der Waals surface area contributed by atoms with E-state index in [-0.39, 0.29) is 57.2 Å². The highest BCUT2D eigenvalue weighted by Gasteiger charge is 2.70. The van der Waals surface area contributed by atoms with Crippen molar-refractivity contribution >= 4 is 17.7 Å². The van der Waals surface area contributed by atoms with Gasteiger partial charge < -0.3 is 10.1 Å². The van der Waals surface area contributed by atoms with Crippen LogP contribution in [0.1, 0.15) is 108 Å². The summed E-state index contributed by atoms with van der Waals surface area (Å²) in [6, 6.07) is 2.20. The summed E-state index contributed by atoms with van der Waals surface area (Å²) in [5, 5.41) is 13.1. The van der Waals surface area contributed by atoms with Crippen molar-refractivity contribution in [3.8, 4) is 6.07 Å². The minimum atomic E-state index is -0.667. The number of ketones is 2. The summed E-state index contributed by atoms with van der Waals surface area (Å²) in [6.07, 6.45) is 9.24. The maximum absolute atomic E-state index is 14.7. The van der Waals surface area contributed by atoms with Crippen LogP contribution >= 0.6 is 0 Å². The second-order valence-electron chi connectivity index (χ2n) is 16.9. The van der Waals surface area contributed by atoms with E-state index in [4.69, 9.17) is 4.74 Å². The van der Waals surface area contributed by atoms with E-state index in [0.717, 1.165) is 44.1 Å². The number of ether oxygens (including phenoxy) is 1. The first-order chi connectivity index (χ1) is 19.3. The molecule has 0 unspecified atom stereocenters. The second kappa shape index (κ2) is 9.54. The lowest BCUT2D eigenvalue weighted by Crippen LogP contribution is -2.66. The van der Waals surface area contributed by atoms with Gasteiger partial charge in [-0.2, -0.15) is 5.26 Å². The van der Waals surface area contributed by atoms with Gasteiger partial charge in [0.15, 0.2) is 11.6 Å². The predicted octanol–water partition coefficient (Wildman–Crippen LogP) is 7.59. The molecule has 9 atom stereocenters. The van der Waals surface area contributed by atoms with E-state index in [2.05, 4.69) is 46.0 Å². The zero-order chi connectivity index (χ0) is 31.3. The van der Waals surface area contributed by atoms with E-state index in [1.54, 1.807) is 0 Å². The lowest BCUT2D eigenvalue weighted by molar-refractivity contribution is -0.175. The molecule has 5 aliphatic rings. The molecule has 230 valence electrons. The van der Waals surface area contributed by atoms with Crippen LogP contribution in [0.5, 0.6) is 0 Å². The van der Waals surface area contributed by atoms with E-state index in [9.17, 15) is 19.6 Å². The van der Waals surface area contributed by atoms with E-state index in [0.29, 0.717) is 18.4 Å². The van der Waals surface area contributed by atoms with Gasteiger partial charge in [-0.05, 0) is 105 Å². The summed E-state index contributed by atoms with van der Waals surface area (Å²) in [6.45, 7) is 21.7. The van der Waals surface area contributed by atoms with Crippen molar-refractivity contribution in [2.75, 3.05) is 6.54 Å². The average Bonchev–Trinajstić information content (AvgIpc) is 2.88. The fourth-order valence-electron chi connectivity index (χ4n) is 10.9. The van der Waals surface area contributed by atoms with Crippen LogP contribution < -0.4 is 5.32 Å². The van der Waals surface area contributed by atoms with Crippen LogP contribution in [0.3, 0.4) is 0 Å². The highest BCUT2D eigenvalue weighted by molar-refractivity contribution is 6.04. The van der Waals surface area contributed by atoms with Gasteiger partial charge in [-0.3, -0.25) is 9.59 Å². The summed E-state index contributed by atoms with van der Waals surface area (Å²) in [5.74, 6) is 1.00. The molecule has 5 rings (SSSR count). The largest absolute Gasteiger partial charge is 0.444 e. The molecule has 0 spiro atoms. The SMILES string of the molecule is C[C@@H]1[C@H]2[C@H]3C(=O)C=C4[C@@]5(C)C=C(C#N)C(=O)C(C)(C)[C@@H]5CC[C@@]4(C)[C@]3(C)CC[C@@]2(CNC(=O)OC(C)(C)C)CC[C@H]1C. The number of hydrogen-bond donors (Lipinski definition) is 1. The van der Waals surface area contributed by atoms with Crippen LogP contribution in [0.4, 0.5) is 4.79 Å². The number of nitriles is 1. The molecule has 3 saturated carbocycles. The van der Waals surface area contributed by atoms with E-state index in [1.807, 2.05) is 46.8 Å². The standard InChI is InChI=1S/C36H52N2O4/c1-21-11-14-36(20-38-30(41)42-31(3,4)5)16-15-35(10)28(27(36)22(21)2)24(39)17-26-33(8)18-23(19-37)29(40)32(6,7)25(33)12-13-34(26,35)9/h17-18,21-22,25,27-28H,11-16,20H2,1-10H3,(H,38,41)/t21-,22+,25+,27+,28-,33+,34-,35-,36-/m1/s1. The zero-order valence-corrected chi connectivity index (χ0v) is 27.6. The molecule has 0 aromatic rings. The summed E-state index contributed by atoms with van der Waals surface area (Å²) in [5.41, 5.74) is -1.07. The van der Waals surface area contributed by atoms with Crippen molar-refractivity contribution in [3.63, 3.8) is 0 Å². The lowest BCUT2D eigenvalue weighted by Gasteiger charge is -2.69. The molecule has 1 N–H and O–H groups in total. The predicted molar refractivity (Wildman–Crippen MR) is 163 cm³/mol. The Hall–Kier alpha value is -2.42. The van der Waals surface area contributed by atoms with E-state index in [1.165, 1.54) is 0 Å². The van der Waals surface area contributed by atoms with E-state index < -0.39 is 16.4 Å². The summed E-state index contributed by atoms with van der Waals surface area (Å²) in [4.78, 5) is 40.8. The number of rotatable bonds is 2. The Bertz CT molecular complexity index is 1310. The number of carbonyl (C=O) groups is 3. The number of hydrogen-bond acceptors (Lipinski definition) is 5. The molecule has 0 aromatic heterocycles. The van der Waals surface area contributed by atoms with Gasteiger partial charge >= 0.3 is 6.09 Å². The molecular weight excluding hydrogens is 524 g/mol. The normalized spacial score (nSPS) is 44.3. The summed E-state index contributed by atoms with van der Waals surface area (Å²) < 4.78 is 5.61. The summed E-state index contributed by atoms with van der Waals surface area (Å²) >= 11 is 0. The van der Waals surface area contributed by atoms with Crippen LogP contribution in [0.15, 0.2) is 23.3 Å². The Kier molecular flexibility index (Phi) is 7.04. The van der Waals surface area contributed by atoms with Gasteiger partial charge in [-0.25, -0.2) is 4.79 Å². The van der Waals surface area contributed by atoms with Crippen LogP contribution in [-0.4, -0.2) is 29.8 Å². The number of amides is 1. The Balaban J connectivity index is 1.60. The number of nitrogens with one attached hydrogen (secondary N) is 1. The Morgan fingerprint density at radius 3 is 2.33 bits per heavy atom. The molecule has 3 fully saturated rings. The number of allylic oxidation sites excluding steroid dienone is 4. The first kappa shape index (κ1) is 31.0. The highest BCUT2D eigenvalue weighted by Crippen LogP contribution is 2.74. The fourth-order valence-corrected chi connectivity index (χ4v) is 10.9. The van der Waals surface area contributed by atoms with Gasteiger partial charge in [0.2, 0.25) is 0 Å². The van der Waals surface area contributed by atoms with Crippen molar-refractivity contribution < 1.29 is 19.1 Å². The van der Waals surface area contributed by atoms with Crippen LogP contribution in [-0.2, 0) is 14.3 Å². The molecule has 6 nitrogen and oxygen atoms in total. The van der Waals surface area contributed by atoms with Crippen molar-refractivity contribution in [2.24, 2.45) is 56.7 Å². The third-order valence-corrected chi connectivity index (χ3v) is 13.4. The Morgan fingerprint density at radius 2 is 1.71 bits per heavy atom. The fraction of sp³-hybridized carbons (Fsp3) is 0.778. The molecule has 1 amide bonds. The van der Waals surface area contributed by atoms with Crippen LogP contribution in [0.25, 0.3) is 0 Å². The first-order valence-electron chi connectivity index (χ1n) is 16.2. The molecule has 0 heterocycles. The molecular formula is C36H52N2O4. The maximum atomic E-state index is 14.7. The van der Waals surface area contributed by atoms with Gasteiger partial charge in [-0.1, -0.05) is 60.1 Å². The Morgan fingerprint density at radius 1 is 1.05 bits per heavy atom. The van der Waals surface area contributed by atoms with E-state index >= 15 is 0 Å². The molecule has 0 radical (unpaired) electrons. The molecule has 0 aliphatic heterocycles. The smallest absolute Gasteiger partial charge is 0.407 e. The van der Waals surface area contributed by atoms with Gasteiger partial charge in [0.25, 0.3) is 0 Å². The average molecular weight is 577 g/mol. The van der Waals surface area contributed by atoms with Crippen LogP contribution in [0.2, 0.25) is 0 Å². The molecule has 6 heteroatoms. The van der Waals surface area contributed by atoms with Crippen molar-refractivity contribution in [1.82, 2.24) is 5.32 Å². The molecule has 42 heavy (non-hydrogen) atoms. The topological polar surface area (TPSA) is 96.3 Å². The van der Waals surface area contributed by atoms with Gasteiger partial charge in [0, 0.05) is 23.3 Å². The van der Waals surface area contributed by atoms with Gasteiger partial charge in [-0.15, -0.1) is 0 Å². The molecule has 5 aliphatic carbocycles. The maximum Gasteiger partial charge on any atom is 0.407 e. The number of nitrogens with zero attached hydrogens (tertiary/aromatic N) is 1. The highest BCUT2D eigenvalue weighted by atomic mass is 16.6. The number of fused-ring (bicyclic) bond motifs is 7. The van der Waals surface area contributed by atoms with Gasteiger partial charge in [0.1, 0.15) is 11.7 Å². The third-order valence-electron chi connectivity index (χ3n) is 13.4. The second-order valence-corrected chi connectivity index (χ2v) is 16.9. The minimum absolute atomic E-state index is 0.0382. The molecule has 0 aromatic carbocycles. The monoisotopic (exact) mass is 576 g/mol. The zero-order valence-electron chi connectivity index (χ0n) is 27.6. The van der Waals surface area contributed by atoms with Crippen molar-refractivity contribution in [2.45, 2.75) is 113 Å². The summed E-state index contributed by atoms with van der Waals surface area (Å²) in [7, 11) is 0. The minimum Gasteiger partial charge on any atom is -0.444 e. The number of Topliss-reactive ketones (excluding diaryl/α,β-unsaturated/α-hetero) is 1. The quantitative estimate of drug-likeness (QED) is 0.365. The Labute approximate surface area is 253 Å². The molecule has 0 bridgehead atoms. The number of alkyl carbamates (subject to hydrolysis) is 1. The molecule has 0 saturated heterocycles. The van der Waals surface area contributed by atoms with Gasteiger partial charge in [0.05, 0.1) is 5.57 Å². The third kappa shape index (κ3) is 4.19. The van der Waals surface area contributed by atoms with Crippen molar-refractivity contribution in [1.29, 1.82) is 5.26 Å². The van der Waals surface area contributed by atoms with Crippen molar-refractivity contribution in [3.05, 3.63) is 23.3 Å². The lowest BCUT2D eigenvalue weighted by atomic mass is 9.34.